The molecule has 8 nitrogen and oxygen atoms in total. The molecule has 1 N–H and O–H groups in total. The Hall–Kier alpha value is -1.90. The van der Waals surface area contributed by atoms with E-state index in [0.29, 0.717) is 18.8 Å². The van der Waals surface area contributed by atoms with E-state index in [4.69, 9.17) is 0 Å². The van der Waals surface area contributed by atoms with Gasteiger partial charge in [-0.05, 0) is 12.5 Å². The minimum absolute atomic E-state index is 0.0609. The molecule has 0 unspecified atom stereocenters. The number of piperazine rings is 1. The predicted molar refractivity (Wildman–Crippen MR) is 96.4 cm³/mol. The topological polar surface area (TPSA) is 103 Å². The molecule has 1 aromatic rings. The van der Waals surface area contributed by atoms with Crippen LogP contribution in [0.3, 0.4) is 0 Å². The number of nitrogens with zero attached hydrogens (tertiary/aromatic N) is 3. The second-order valence-corrected chi connectivity index (χ2v) is 9.58. The smallest absolute Gasteiger partial charge is 0.274 e. The molecular weight excluding hydrogens is 356 g/mol. The van der Waals surface area contributed by atoms with E-state index in [1.54, 1.807) is 29.7 Å². The number of aromatic amines is 1. The summed E-state index contributed by atoms with van der Waals surface area (Å²) in [6, 6.07) is 0.757. The Morgan fingerprint density at radius 3 is 2.46 bits per heavy atom. The summed E-state index contributed by atoms with van der Waals surface area (Å²) in [5.74, 6) is -0.718. The van der Waals surface area contributed by atoms with Gasteiger partial charge in [0.15, 0.2) is 9.84 Å². The van der Waals surface area contributed by atoms with Gasteiger partial charge in [0, 0.05) is 24.7 Å². The van der Waals surface area contributed by atoms with E-state index < -0.39 is 21.9 Å². The van der Waals surface area contributed by atoms with Crippen molar-refractivity contribution in [1.82, 2.24) is 20.0 Å². The molecule has 3 heterocycles. The fraction of sp³-hybridized carbons (Fsp3) is 0.706. The van der Waals surface area contributed by atoms with E-state index in [9.17, 15) is 18.0 Å². The number of hydrogen-bond acceptors (Lipinski definition) is 5. The molecule has 2 amide bonds. The maximum absolute atomic E-state index is 12.9. The third-order valence-corrected chi connectivity index (χ3v) is 6.78. The van der Waals surface area contributed by atoms with Crippen LogP contribution >= 0.6 is 0 Å². The van der Waals surface area contributed by atoms with Gasteiger partial charge in [0.1, 0.15) is 5.69 Å². The Bertz CT molecular complexity index is 801. The third-order valence-electron chi connectivity index (χ3n) is 5.08. The van der Waals surface area contributed by atoms with Crippen LogP contribution in [0.4, 0.5) is 0 Å². The summed E-state index contributed by atoms with van der Waals surface area (Å²) in [5.41, 5.74) is 1.19. The normalized spacial score (nSPS) is 24.8. The molecule has 2 saturated heterocycles. The molecule has 2 fully saturated rings. The highest BCUT2D eigenvalue weighted by atomic mass is 32.2. The highest BCUT2D eigenvalue weighted by molar-refractivity contribution is 7.91. The van der Waals surface area contributed by atoms with Gasteiger partial charge in [-0.2, -0.15) is 5.10 Å². The zero-order chi connectivity index (χ0) is 19.1. The van der Waals surface area contributed by atoms with Gasteiger partial charge in [-0.1, -0.05) is 27.2 Å². The van der Waals surface area contributed by atoms with Crippen LogP contribution < -0.4 is 0 Å². The molecule has 2 aliphatic heterocycles. The lowest BCUT2D eigenvalue weighted by Crippen LogP contribution is -2.62. The van der Waals surface area contributed by atoms with Crippen molar-refractivity contribution < 1.29 is 18.0 Å². The van der Waals surface area contributed by atoms with Crippen molar-refractivity contribution in [2.24, 2.45) is 5.92 Å². The SMILES string of the molecule is CCCc1cc(C(=O)N2CCN(C(=O)C(C)C)[C@@H]3CS(=O)(=O)C[C@@H]32)n[nH]1. The van der Waals surface area contributed by atoms with E-state index in [2.05, 4.69) is 10.2 Å². The quantitative estimate of drug-likeness (QED) is 0.815. The number of nitrogens with one attached hydrogen (secondary N) is 1. The van der Waals surface area contributed by atoms with Crippen LogP contribution in [-0.4, -0.2) is 76.9 Å². The van der Waals surface area contributed by atoms with Crippen LogP contribution in [0.2, 0.25) is 0 Å². The summed E-state index contributed by atoms with van der Waals surface area (Å²) in [5, 5.41) is 6.96. The van der Waals surface area contributed by atoms with E-state index in [0.717, 1.165) is 18.5 Å². The molecule has 3 rings (SSSR count). The van der Waals surface area contributed by atoms with E-state index >= 15 is 0 Å². The van der Waals surface area contributed by atoms with Gasteiger partial charge >= 0.3 is 0 Å². The highest BCUT2D eigenvalue weighted by Gasteiger charge is 2.49. The maximum Gasteiger partial charge on any atom is 0.274 e. The Labute approximate surface area is 153 Å². The standard InChI is InChI=1S/C17H26N4O4S/c1-4-5-12-8-13(19-18-12)17(23)21-7-6-20(16(22)11(2)3)14-9-26(24,25)10-15(14)21/h8,11,14-15H,4-7,9-10H2,1-3H3,(H,18,19)/t14-,15+/m1/s1. The van der Waals surface area contributed by atoms with Crippen molar-refractivity contribution in [2.45, 2.75) is 45.7 Å². The Morgan fingerprint density at radius 1 is 1.23 bits per heavy atom. The molecule has 26 heavy (non-hydrogen) atoms. The molecule has 0 aromatic carbocycles. The molecular formula is C17H26N4O4S. The van der Waals surface area contributed by atoms with Crippen molar-refractivity contribution in [3.63, 3.8) is 0 Å². The molecule has 0 radical (unpaired) electrons. The molecule has 1 aromatic heterocycles. The van der Waals surface area contributed by atoms with Crippen LogP contribution in [0.5, 0.6) is 0 Å². The monoisotopic (exact) mass is 382 g/mol. The van der Waals surface area contributed by atoms with Gasteiger partial charge < -0.3 is 9.80 Å². The Balaban J connectivity index is 1.85. The van der Waals surface area contributed by atoms with Crippen LogP contribution in [0.25, 0.3) is 0 Å². The highest BCUT2D eigenvalue weighted by Crippen LogP contribution is 2.29. The van der Waals surface area contributed by atoms with Gasteiger partial charge in [0.25, 0.3) is 5.91 Å². The number of hydrogen-bond donors (Lipinski definition) is 1. The summed E-state index contributed by atoms with van der Waals surface area (Å²) in [6.07, 6.45) is 1.74. The van der Waals surface area contributed by atoms with Crippen LogP contribution in [0, 0.1) is 5.92 Å². The number of sulfone groups is 1. The van der Waals surface area contributed by atoms with Gasteiger partial charge in [0.05, 0.1) is 23.6 Å². The molecule has 144 valence electrons. The number of aromatic nitrogens is 2. The molecule has 0 saturated carbocycles. The van der Waals surface area contributed by atoms with Gasteiger partial charge in [-0.15, -0.1) is 0 Å². The molecule has 2 atom stereocenters. The lowest BCUT2D eigenvalue weighted by molar-refractivity contribution is -0.139. The van der Waals surface area contributed by atoms with Crippen molar-refractivity contribution in [3.8, 4) is 0 Å². The fourth-order valence-electron chi connectivity index (χ4n) is 3.83. The van der Waals surface area contributed by atoms with Crippen LogP contribution in [0.15, 0.2) is 6.07 Å². The average Bonchev–Trinajstić information content (AvgIpc) is 3.15. The molecule has 0 aliphatic carbocycles. The lowest BCUT2D eigenvalue weighted by Gasteiger charge is -2.44. The minimum Gasteiger partial charge on any atom is -0.335 e. The average molecular weight is 382 g/mol. The third kappa shape index (κ3) is 3.49. The zero-order valence-electron chi connectivity index (χ0n) is 15.4. The number of aryl methyl sites for hydroxylation is 1. The van der Waals surface area contributed by atoms with Crippen molar-refractivity contribution >= 4 is 21.7 Å². The van der Waals surface area contributed by atoms with Gasteiger partial charge in [-0.25, -0.2) is 8.42 Å². The van der Waals surface area contributed by atoms with Crippen molar-refractivity contribution in [2.75, 3.05) is 24.6 Å². The first-order valence-corrected chi connectivity index (χ1v) is 10.9. The predicted octanol–water partition coefficient (Wildman–Crippen LogP) is 0.468. The molecule has 9 heteroatoms. The molecule has 2 aliphatic rings. The Morgan fingerprint density at radius 2 is 1.85 bits per heavy atom. The summed E-state index contributed by atoms with van der Waals surface area (Å²) >= 11 is 0. The Kier molecular flexibility index (Phi) is 5.09. The first kappa shape index (κ1) is 18.9. The van der Waals surface area contributed by atoms with E-state index in [1.165, 1.54) is 0 Å². The summed E-state index contributed by atoms with van der Waals surface area (Å²) in [7, 11) is -3.29. The number of H-pyrrole nitrogens is 1. The minimum atomic E-state index is -3.29. The first-order valence-electron chi connectivity index (χ1n) is 9.09. The van der Waals surface area contributed by atoms with Gasteiger partial charge in [-0.3, -0.25) is 14.7 Å². The van der Waals surface area contributed by atoms with E-state index in [-0.39, 0.29) is 29.2 Å². The van der Waals surface area contributed by atoms with Crippen LogP contribution in [-0.2, 0) is 21.1 Å². The second-order valence-electron chi connectivity index (χ2n) is 7.42. The number of fused-ring (bicyclic) bond motifs is 1. The lowest BCUT2D eigenvalue weighted by atomic mass is 10.0. The zero-order valence-corrected chi connectivity index (χ0v) is 16.3. The van der Waals surface area contributed by atoms with Crippen molar-refractivity contribution in [3.05, 3.63) is 17.5 Å². The second kappa shape index (κ2) is 7.02. The van der Waals surface area contributed by atoms with Gasteiger partial charge in [0.2, 0.25) is 5.91 Å². The van der Waals surface area contributed by atoms with E-state index in [1.807, 2.05) is 6.92 Å². The summed E-state index contributed by atoms with van der Waals surface area (Å²) < 4.78 is 24.5. The number of amides is 2. The first-order chi connectivity index (χ1) is 12.2. The number of carbonyl (C=O) groups excluding carboxylic acids is 2. The maximum atomic E-state index is 12.9. The molecule has 0 spiro atoms. The summed E-state index contributed by atoms with van der Waals surface area (Å²) in [4.78, 5) is 28.6. The van der Waals surface area contributed by atoms with Crippen molar-refractivity contribution in [1.29, 1.82) is 0 Å². The summed E-state index contributed by atoms with van der Waals surface area (Å²) in [6.45, 7) is 6.32. The fourth-order valence-corrected chi connectivity index (χ4v) is 5.81. The number of rotatable bonds is 4. The number of carbonyl (C=O) groups is 2. The molecule has 0 bridgehead atoms. The van der Waals surface area contributed by atoms with Crippen LogP contribution in [0.1, 0.15) is 43.4 Å². The largest absolute Gasteiger partial charge is 0.335 e.